The lowest BCUT2D eigenvalue weighted by Crippen LogP contribution is -2.35. The number of rotatable bonds is 7. The van der Waals surface area contributed by atoms with Crippen LogP contribution in [0.2, 0.25) is 0 Å². The van der Waals surface area contributed by atoms with Gasteiger partial charge in [-0.1, -0.05) is 64.0 Å². The fraction of sp³-hybridized carbons (Fsp3) is 0.154. The Balaban J connectivity index is 1.61. The van der Waals surface area contributed by atoms with E-state index in [1.165, 1.54) is 5.01 Å². The molecule has 2 amide bonds. The fourth-order valence-electron chi connectivity index (χ4n) is 3.48. The molecule has 1 aliphatic heterocycles. The molecule has 33 heavy (non-hydrogen) atoms. The molecule has 4 rings (SSSR count). The molecule has 0 saturated carbocycles. The van der Waals surface area contributed by atoms with E-state index in [0.29, 0.717) is 40.4 Å². The Morgan fingerprint density at radius 1 is 0.970 bits per heavy atom. The van der Waals surface area contributed by atoms with Crippen LogP contribution in [-0.4, -0.2) is 18.4 Å². The van der Waals surface area contributed by atoms with Crippen molar-refractivity contribution in [3.8, 4) is 11.5 Å². The minimum absolute atomic E-state index is 0.0374. The Morgan fingerprint density at radius 3 is 2.45 bits per heavy atom. The van der Waals surface area contributed by atoms with Crippen LogP contribution in [0.25, 0.3) is 6.08 Å². The zero-order chi connectivity index (χ0) is 23.4. The monoisotopic (exact) mass is 506 g/mol. The number of para-hydroxylation sites is 1. The number of anilines is 1. The normalized spacial score (nSPS) is 14.5. The summed E-state index contributed by atoms with van der Waals surface area (Å²) in [6.07, 6.45) is 1.55. The van der Waals surface area contributed by atoms with Crippen molar-refractivity contribution >= 4 is 39.5 Å². The molecular formula is C26H23BrN2O4. The Bertz CT molecular complexity index is 1220. The highest BCUT2D eigenvalue weighted by Crippen LogP contribution is 2.36. The molecule has 0 aromatic heterocycles. The van der Waals surface area contributed by atoms with Crippen LogP contribution < -0.4 is 19.9 Å². The van der Waals surface area contributed by atoms with Gasteiger partial charge in [-0.3, -0.25) is 15.0 Å². The molecular weight excluding hydrogens is 484 g/mol. The molecule has 1 saturated heterocycles. The van der Waals surface area contributed by atoms with Gasteiger partial charge in [0.1, 0.15) is 12.2 Å². The van der Waals surface area contributed by atoms with E-state index < -0.39 is 11.8 Å². The van der Waals surface area contributed by atoms with Crippen molar-refractivity contribution < 1.29 is 19.1 Å². The van der Waals surface area contributed by atoms with Crippen molar-refractivity contribution in [2.45, 2.75) is 20.5 Å². The predicted molar refractivity (Wildman–Crippen MR) is 131 cm³/mol. The van der Waals surface area contributed by atoms with Crippen LogP contribution in [0.4, 0.5) is 5.69 Å². The second-order valence-electron chi connectivity index (χ2n) is 7.51. The van der Waals surface area contributed by atoms with Gasteiger partial charge in [0, 0.05) is 4.47 Å². The summed E-state index contributed by atoms with van der Waals surface area (Å²) in [5, 5.41) is 1.24. The molecule has 7 heteroatoms. The van der Waals surface area contributed by atoms with Gasteiger partial charge >= 0.3 is 0 Å². The van der Waals surface area contributed by atoms with Gasteiger partial charge in [-0.2, -0.15) is 0 Å². The average Bonchev–Trinajstić information content (AvgIpc) is 3.09. The molecule has 0 unspecified atom stereocenters. The zero-order valence-electron chi connectivity index (χ0n) is 18.3. The Labute approximate surface area is 200 Å². The van der Waals surface area contributed by atoms with Crippen LogP contribution in [-0.2, 0) is 16.2 Å². The largest absolute Gasteiger partial charge is 0.490 e. The van der Waals surface area contributed by atoms with Crippen molar-refractivity contribution in [3.63, 3.8) is 0 Å². The topological polar surface area (TPSA) is 67.9 Å². The first-order valence-corrected chi connectivity index (χ1v) is 11.3. The maximum absolute atomic E-state index is 12.9. The van der Waals surface area contributed by atoms with Gasteiger partial charge in [0.05, 0.1) is 12.3 Å². The van der Waals surface area contributed by atoms with Gasteiger partial charge in [-0.15, -0.1) is 0 Å². The van der Waals surface area contributed by atoms with E-state index in [4.69, 9.17) is 9.47 Å². The quantitative estimate of drug-likeness (QED) is 0.353. The zero-order valence-corrected chi connectivity index (χ0v) is 19.9. The number of carbonyl (C=O) groups is 2. The van der Waals surface area contributed by atoms with Crippen molar-refractivity contribution in [1.29, 1.82) is 0 Å². The third kappa shape index (κ3) is 5.09. The fourth-order valence-corrected chi connectivity index (χ4v) is 3.91. The molecule has 0 spiro atoms. The highest BCUT2D eigenvalue weighted by Gasteiger charge is 2.34. The molecule has 0 aliphatic carbocycles. The molecule has 1 fully saturated rings. The smallest absolute Gasteiger partial charge is 0.282 e. The number of ether oxygens (including phenoxy) is 2. The Morgan fingerprint density at radius 2 is 1.73 bits per heavy atom. The number of carbonyl (C=O) groups excluding carboxylic acids is 2. The van der Waals surface area contributed by atoms with E-state index in [2.05, 4.69) is 27.4 Å². The first-order chi connectivity index (χ1) is 16.0. The number of nitrogens with one attached hydrogen (secondary N) is 1. The summed E-state index contributed by atoms with van der Waals surface area (Å²) in [6, 6.07) is 20.6. The molecule has 1 N–H and O–H groups in total. The Hall–Kier alpha value is -3.58. The minimum Gasteiger partial charge on any atom is -0.490 e. The summed E-state index contributed by atoms with van der Waals surface area (Å²) in [5.74, 6) is 0.218. The van der Waals surface area contributed by atoms with Crippen LogP contribution in [0.5, 0.6) is 11.5 Å². The number of aryl methyl sites for hydroxylation is 1. The number of amides is 2. The van der Waals surface area contributed by atoms with Gasteiger partial charge in [0.2, 0.25) is 0 Å². The molecule has 3 aromatic rings. The summed E-state index contributed by atoms with van der Waals surface area (Å²) >= 11 is 3.54. The van der Waals surface area contributed by atoms with E-state index in [1.807, 2.05) is 38.1 Å². The number of halogens is 1. The van der Waals surface area contributed by atoms with Crippen LogP contribution in [0, 0.1) is 6.92 Å². The highest BCUT2D eigenvalue weighted by atomic mass is 79.9. The van der Waals surface area contributed by atoms with Gasteiger partial charge in [0.25, 0.3) is 11.8 Å². The second-order valence-corrected chi connectivity index (χ2v) is 8.36. The van der Waals surface area contributed by atoms with E-state index >= 15 is 0 Å². The van der Waals surface area contributed by atoms with Gasteiger partial charge in [0.15, 0.2) is 11.5 Å². The number of hydrogen-bond donors (Lipinski definition) is 1. The lowest BCUT2D eigenvalue weighted by atomic mass is 10.1. The van der Waals surface area contributed by atoms with Gasteiger partial charge in [-0.25, -0.2) is 5.01 Å². The van der Waals surface area contributed by atoms with Crippen LogP contribution in [0.15, 0.2) is 76.8 Å². The Kier molecular flexibility index (Phi) is 6.79. The lowest BCUT2D eigenvalue weighted by molar-refractivity contribution is -0.117. The summed E-state index contributed by atoms with van der Waals surface area (Å²) < 4.78 is 12.5. The van der Waals surface area contributed by atoms with E-state index in [1.54, 1.807) is 42.5 Å². The van der Waals surface area contributed by atoms with Crippen molar-refractivity contribution in [3.05, 3.63) is 93.5 Å². The van der Waals surface area contributed by atoms with Crippen LogP contribution >= 0.6 is 15.9 Å². The van der Waals surface area contributed by atoms with Gasteiger partial charge < -0.3 is 9.47 Å². The molecule has 1 aliphatic rings. The van der Waals surface area contributed by atoms with Crippen molar-refractivity contribution in [2.24, 2.45) is 0 Å². The standard InChI is InChI=1S/C26H23BrN2O4/c1-3-32-23-14-19(22(27)15-24(23)33-16-18-9-7-8-17(2)12-18)13-21-25(30)28-29(26(21)31)20-10-5-4-6-11-20/h4-15H,3,16H2,1-2H3,(H,28,30)/b21-13-. The predicted octanol–water partition coefficient (Wildman–Crippen LogP) is 5.20. The maximum Gasteiger partial charge on any atom is 0.282 e. The van der Waals surface area contributed by atoms with E-state index in [9.17, 15) is 9.59 Å². The van der Waals surface area contributed by atoms with Crippen molar-refractivity contribution in [1.82, 2.24) is 5.43 Å². The average molecular weight is 507 g/mol. The third-order valence-electron chi connectivity index (χ3n) is 5.05. The molecule has 1 heterocycles. The second kappa shape index (κ2) is 9.92. The highest BCUT2D eigenvalue weighted by molar-refractivity contribution is 9.10. The molecule has 6 nitrogen and oxygen atoms in total. The number of benzene rings is 3. The summed E-state index contributed by atoms with van der Waals surface area (Å²) in [6.45, 7) is 4.75. The molecule has 0 radical (unpaired) electrons. The maximum atomic E-state index is 12.9. The number of nitrogens with zero attached hydrogens (tertiary/aromatic N) is 1. The summed E-state index contributed by atoms with van der Waals surface area (Å²) in [4.78, 5) is 25.4. The summed E-state index contributed by atoms with van der Waals surface area (Å²) in [5.41, 5.74) is 6.08. The SMILES string of the molecule is CCOc1cc(/C=C2/C(=O)NN(c3ccccc3)C2=O)c(Br)cc1OCc1cccc(C)c1. The number of hydrogen-bond acceptors (Lipinski definition) is 4. The van der Waals surface area contributed by atoms with E-state index in [0.717, 1.165) is 11.1 Å². The first-order valence-electron chi connectivity index (χ1n) is 10.5. The molecule has 0 bridgehead atoms. The minimum atomic E-state index is -0.464. The molecule has 168 valence electrons. The van der Waals surface area contributed by atoms with Crippen molar-refractivity contribution in [2.75, 3.05) is 11.6 Å². The lowest BCUT2D eigenvalue weighted by Gasteiger charge is -2.15. The first kappa shape index (κ1) is 22.6. The molecule has 3 aromatic carbocycles. The van der Waals surface area contributed by atoms with Gasteiger partial charge in [-0.05, 0) is 55.3 Å². The van der Waals surface area contributed by atoms with E-state index in [-0.39, 0.29) is 5.57 Å². The van der Waals surface area contributed by atoms with Crippen LogP contribution in [0.3, 0.4) is 0 Å². The van der Waals surface area contributed by atoms with Crippen LogP contribution in [0.1, 0.15) is 23.6 Å². The third-order valence-corrected chi connectivity index (χ3v) is 5.73. The summed E-state index contributed by atoms with van der Waals surface area (Å²) in [7, 11) is 0. The molecule has 0 atom stereocenters. The number of hydrazine groups is 1.